The van der Waals surface area contributed by atoms with Crippen molar-refractivity contribution in [2.75, 3.05) is 20.2 Å². The normalized spacial score (nSPS) is 15.8. The van der Waals surface area contributed by atoms with Crippen LogP contribution in [0.15, 0.2) is 42.9 Å². The van der Waals surface area contributed by atoms with Gasteiger partial charge in [-0.3, -0.25) is 14.3 Å². The first-order valence-corrected chi connectivity index (χ1v) is 11.0. The molecule has 0 aliphatic carbocycles. The molecule has 0 saturated carbocycles. The monoisotopic (exact) mass is 448 g/mol. The van der Waals surface area contributed by atoms with Crippen LogP contribution in [-0.2, 0) is 13.6 Å². The number of aryl methyl sites for hydroxylation is 2. The largest absolute Gasteiger partial charge is 0.497 e. The molecular formula is C24H28N6O3. The number of hydrogen-bond donors (Lipinski definition) is 1. The average molecular weight is 449 g/mol. The molecule has 1 saturated heterocycles. The Kier molecular flexibility index (Phi) is 6.67. The number of ether oxygens (including phenoxy) is 1. The van der Waals surface area contributed by atoms with E-state index in [0.717, 1.165) is 24.2 Å². The molecule has 1 atom stereocenters. The van der Waals surface area contributed by atoms with Crippen molar-refractivity contribution < 1.29 is 14.3 Å². The SMILES string of the molecule is COc1cccc(CNC(=O)c2cnc([C@@H]3CCCN(C(=O)c4cnn(C)c4)C3)nc2C)c1. The van der Waals surface area contributed by atoms with Crippen molar-refractivity contribution in [3.05, 3.63) is 71.1 Å². The first-order chi connectivity index (χ1) is 15.9. The Morgan fingerprint density at radius 3 is 2.85 bits per heavy atom. The van der Waals surface area contributed by atoms with E-state index in [2.05, 4.69) is 20.4 Å². The van der Waals surface area contributed by atoms with Gasteiger partial charge in [0.05, 0.1) is 30.1 Å². The van der Waals surface area contributed by atoms with Crippen LogP contribution in [0.2, 0.25) is 0 Å². The van der Waals surface area contributed by atoms with Crippen molar-refractivity contribution in [1.82, 2.24) is 30.0 Å². The smallest absolute Gasteiger partial charge is 0.257 e. The van der Waals surface area contributed by atoms with Crippen LogP contribution in [0.5, 0.6) is 5.75 Å². The summed E-state index contributed by atoms with van der Waals surface area (Å²) in [6.07, 6.45) is 6.68. The first kappa shape index (κ1) is 22.4. The summed E-state index contributed by atoms with van der Waals surface area (Å²) in [5.74, 6) is 1.19. The third-order valence-electron chi connectivity index (χ3n) is 5.86. The maximum absolute atomic E-state index is 12.8. The molecule has 1 fully saturated rings. The molecule has 4 rings (SSSR count). The fraction of sp³-hybridized carbons (Fsp3) is 0.375. The van der Waals surface area contributed by atoms with E-state index in [1.54, 1.807) is 37.4 Å². The first-order valence-electron chi connectivity index (χ1n) is 11.0. The molecule has 0 radical (unpaired) electrons. The summed E-state index contributed by atoms with van der Waals surface area (Å²) in [5.41, 5.74) is 2.59. The lowest BCUT2D eigenvalue weighted by Crippen LogP contribution is -2.39. The van der Waals surface area contributed by atoms with Crippen LogP contribution in [0.25, 0.3) is 0 Å². The molecule has 0 unspecified atom stereocenters. The van der Waals surface area contributed by atoms with Crippen molar-refractivity contribution in [3.63, 3.8) is 0 Å². The van der Waals surface area contributed by atoms with Crippen LogP contribution >= 0.6 is 0 Å². The Bertz CT molecular complexity index is 1160. The fourth-order valence-electron chi connectivity index (χ4n) is 4.05. The van der Waals surface area contributed by atoms with Crippen LogP contribution in [-0.4, -0.2) is 56.7 Å². The molecule has 1 aromatic carbocycles. The molecule has 1 aliphatic rings. The molecule has 3 heterocycles. The zero-order valence-electron chi connectivity index (χ0n) is 19.1. The Morgan fingerprint density at radius 2 is 2.12 bits per heavy atom. The van der Waals surface area contributed by atoms with Gasteiger partial charge in [-0.15, -0.1) is 0 Å². The number of aromatic nitrogens is 4. The number of nitrogens with zero attached hydrogens (tertiary/aromatic N) is 5. The van der Waals surface area contributed by atoms with Crippen LogP contribution in [0.3, 0.4) is 0 Å². The number of carbonyl (C=O) groups is 2. The molecular weight excluding hydrogens is 420 g/mol. The van der Waals surface area contributed by atoms with E-state index in [-0.39, 0.29) is 17.7 Å². The van der Waals surface area contributed by atoms with Crippen LogP contribution in [0.1, 0.15) is 56.6 Å². The minimum atomic E-state index is -0.223. The minimum Gasteiger partial charge on any atom is -0.497 e. The number of nitrogens with one attached hydrogen (secondary N) is 1. The molecule has 1 N–H and O–H groups in total. The Labute approximate surface area is 192 Å². The molecule has 2 aromatic heterocycles. The van der Waals surface area contributed by atoms with Gasteiger partial charge < -0.3 is 15.0 Å². The number of amides is 2. The lowest BCUT2D eigenvalue weighted by molar-refractivity contribution is 0.0704. The van der Waals surface area contributed by atoms with Crippen LogP contribution < -0.4 is 10.1 Å². The molecule has 2 amide bonds. The average Bonchev–Trinajstić information content (AvgIpc) is 3.28. The highest BCUT2D eigenvalue weighted by atomic mass is 16.5. The highest BCUT2D eigenvalue weighted by molar-refractivity contribution is 5.95. The Hall–Kier alpha value is -3.75. The van der Waals surface area contributed by atoms with Gasteiger partial charge >= 0.3 is 0 Å². The Balaban J connectivity index is 1.41. The Morgan fingerprint density at radius 1 is 1.27 bits per heavy atom. The third-order valence-corrected chi connectivity index (χ3v) is 5.86. The predicted molar refractivity (Wildman–Crippen MR) is 122 cm³/mol. The van der Waals surface area contributed by atoms with Gasteiger partial charge in [0.1, 0.15) is 11.6 Å². The van der Waals surface area contributed by atoms with Crippen molar-refractivity contribution in [2.45, 2.75) is 32.2 Å². The fourth-order valence-corrected chi connectivity index (χ4v) is 4.05. The maximum atomic E-state index is 12.8. The molecule has 33 heavy (non-hydrogen) atoms. The molecule has 3 aromatic rings. The summed E-state index contributed by atoms with van der Waals surface area (Å²) in [4.78, 5) is 36.4. The standard InChI is InChI=1S/C24H28N6O3/c1-16-21(23(31)26-11-17-6-4-8-20(10-17)33-3)13-25-22(28-16)18-7-5-9-30(15-18)24(32)19-12-27-29(2)14-19/h4,6,8,10,12-14,18H,5,7,9,11,15H2,1-3H3,(H,26,31)/t18-/m1/s1. The molecule has 0 spiro atoms. The van der Waals surface area contributed by atoms with E-state index < -0.39 is 0 Å². The molecule has 0 bridgehead atoms. The zero-order chi connectivity index (χ0) is 23.4. The van der Waals surface area contributed by atoms with Crippen molar-refractivity contribution in [2.24, 2.45) is 7.05 Å². The van der Waals surface area contributed by atoms with E-state index in [4.69, 9.17) is 4.74 Å². The summed E-state index contributed by atoms with van der Waals surface area (Å²) in [7, 11) is 3.40. The number of benzene rings is 1. The number of hydrogen-bond acceptors (Lipinski definition) is 6. The van der Waals surface area contributed by atoms with Gasteiger partial charge in [-0.05, 0) is 37.5 Å². The van der Waals surface area contributed by atoms with Gasteiger partial charge in [0, 0.05) is 45.0 Å². The second kappa shape index (κ2) is 9.81. The summed E-state index contributed by atoms with van der Waals surface area (Å²) < 4.78 is 6.85. The van der Waals surface area contributed by atoms with Gasteiger partial charge in [-0.1, -0.05) is 12.1 Å². The number of likely N-dealkylation sites (tertiary alicyclic amines) is 1. The quantitative estimate of drug-likeness (QED) is 0.622. The zero-order valence-corrected chi connectivity index (χ0v) is 19.1. The van der Waals surface area contributed by atoms with E-state index in [9.17, 15) is 9.59 Å². The number of methoxy groups -OCH3 is 1. The van der Waals surface area contributed by atoms with Gasteiger partial charge in [0.15, 0.2) is 0 Å². The van der Waals surface area contributed by atoms with Crippen molar-refractivity contribution in [1.29, 1.82) is 0 Å². The van der Waals surface area contributed by atoms with Gasteiger partial charge in [0.25, 0.3) is 11.8 Å². The van der Waals surface area contributed by atoms with Gasteiger partial charge in [-0.25, -0.2) is 9.97 Å². The lowest BCUT2D eigenvalue weighted by Gasteiger charge is -2.32. The van der Waals surface area contributed by atoms with Crippen LogP contribution in [0, 0.1) is 6.92 Å². The summed E-state index contributed by atoms with van der Waals surface area (Å²) in [6.45, 7) is 3.45. The molecule has 172 valence electrons. The van der Waals surface area contributed by atoms with Gasteiger partial charge in [-0.2, -0.15) is 5.10 Å². The predicted octanol–water partition coefficient (Wildman–Crippen LogP) is 2.48. The summed E-state index contributed by atoms with van der Waals surface area (Å²) in [5, 5.41) is 7.00. The second-order valence-electron chi connectivity index (χ2n) is 8.25. The highest BCUT2D eigenvalue weighted by Gasteiger charge is 2.28. The van der Waals surface area contributed by atoms with E-state index in [1.165, 1.54) is 0 Å². The van der Waals surface area contributed by atoms with E-state index in [1.807, 2.05) is 36.1 Å². The lowest BCUT2D eigenvalue weighted by atomic mass is 9.96. The molecule has 1 aliphatic heterocycles. The van der Waals surface area contributed by atoms with Crippen molar-refractivity contribution in [3.8, 4) is 5.75 Å². The van der Waals surface area contributed by atoms with Gasteiger partial charge in [0.2, 0.25) is 0 Å². The highest BCUT2D eigenvalue weighted by Crippen LogP contribution is 2.26. The maximum Gasteiger partial charge on any atom is 0.257 e. The summed E-state index contributed by atoms with van der Waals surface area (Å²) in [6, 6.07) is 7.56. The summed E-state index contributed by atoms with van der Waals surface area (Å²) >= 11 is 0. The molecule has 9 heteroatoms. The number of carbonyl (C=O) groups excluding carboxylic acids is 2. The number of rotatable bonds is 6. The minimum absolute atomic E-state index is 0.0296. The second-order valence-corrected chi connectivity index (χ2v) is 8.25. The third kappa shape index (κ3) is 5.19. The molecule has 9 nitrogen and oxygen atoms in total. The topological polar surface area (TPSA) is 102 Å². The van der Waals surface area contributed by atoms with E-state index >= 15 is 0 Å². The number of piperidine rings is 1. The van der Waals surface area contributed by atoms with E-state index in [0.29, 0.717) is 42.3 Å². The van der Waals surface area contributed by atoms with Crippen molar-refractivity contribution >= 4 is 11.8 Å². The van der Waals surface area contributed by atoms with Crippen LogP contribution in [0.4, 0.5) is 0 Å².